The fourth-order valence-corrected chi connectivity index (χ4v) is 3.54. The fourth-order valence-electron chi connectivity index (χ4n) is 1.85. The van der Waals surface area contributed by atoms with Crippen molar-refractivity contribution in [2.75, 3.05) is 20.2 Å². The lowest BCUT2D eigenvalue weighted by atomic mass is 10.3. The zero-order chi connectivity index (χ0) is 13.2. The first-order valence-corrected chi connectivity index (χ1v) is 7.87. The normalized spacial score (nSPS) is 20.0. The summed E-state index contributed by atoms with van der Waals surface area (Å²) in [5, 5.41) is 3.12. The van der Waals surface area contributed by atoms with Gasteiger partial charge in [-0.3, -0.25) is 0 Å². The Kier molecular flexibility index (Phi) is 4.26. The van der Waals surface area contributed by atoms with Crippen molar-refractivity contribution >= 4 is 26.0 Å². The summed E-state index contributed by atoms with van der Waals surface area (Å²) in [4.78, 5) is 0.217. The summed E-state index contributed by atoms with van der Waals surface area (Å²) in [6, 6.07) is 4.69. The molecular formula is C11H15BrN2O3S. The van der Waals surface area contributed by atoms with Crippen LogP contribution in [-0.4, -0.2) is 34.7 Å². The van der Waals surface area contributed by atoms with Crippen LogP contribution in [0.5, 0.6) is 5.75 Å². The van der Waals surface area contributed by atoms with Gasteiger partial charge in [0.2, 0.25) is 10.0 Å². The number of benzene rings is 1. The minimum absolute atomic E-state index is 0.0374. The van der Waals surface area contributed by atoms with Gasteiger partial charge >= 0.3 is 0 Å². The Morgan fingerprint density at radius 3 is 2.89 bits per heavy atom. The van der Waals surface area contributed by atoms with Crippen molar-refractivity contribution in [3.8, 4) is 5.75 Å². The molecule has 7 heteroatoms. The lowest BCUT2D eigenvalue weighted by molar-refractivity contribution is 0.410. The molecule has 0 radical (unpaired) electrons. The molecule has 1 unspecified atom stereocenters. The molecule has 5 nitrogen and oxygen atoms in total. The molecule has 0 saturated carbocycles. The minimum Gasteiger partial charge on any atom is -0.496 e. The third-order valence-corrected chi connectivity index (χ3v) is 4.99. The van der Waals surface area contributed by atoms with Crippen molar-refractivity contribution in [3.05, 3.63) is 22.7 Å². The first-order chi connectivity index (χ1) is 8.53. The molecule has 1 aromatic carbocycles. The van der Waals surface area contributed by atoms with Gasteiger partial charge in [-0.25, -0.2) is 13.1 Å². The number of hydrogen-bond donors (Lipinski definition) is 2. The molecular weight excluding hydrogens is 320 g/mol. The van der Waals surface area contributed by atoms with Crippen LogP contribution in [0.3, 0.4) is 0 Å². The molecule has 1 heterocycles. The number of ether oxygens (including phenoxy) is 1. The Balaban J connectivity index is 2.23. The Bertz CT molecular complexity index is 527. The third kappa shape index (κ3) is 3.03. The van der Waals surface area contributed by atoms with Crippen LogP contribution < -0.4 is 14.8 Å². The SMILES string of the molecule is COc1cc(S(=O)(=O)NC2CCNC2)ccc1Br. The van der Waals surface area contributed by atoms with Crippen molar-refractivity contribution < 1.29 is 13.2 Å². The topological polar surface area (TPSA) is 67.4 Å². The maximum Gasteiger partial charge on any atom is 0.240 e. The molecule has 1 aliphatic heterocycles. The molecule has 1 aliphatic rings. The lowest BCUT2D eigenvalue weighted by Gasteiger charge is -2.13. The number of hydrogen-bond acceptors (Lipinski definition) is 4. The van der Waals surface area contributed by atoms with Gasteiger partial charge in [-0.05, 0) is 41.0 Å². The molecule has 18 heavy (non-hydrogen) atoms. The van der Waals surface area contributed by atoms with E-state index in [1.54, 1.807) is 12.1 Å². The molecule has 0 spiro atoms. The highest BCUT2D eigenvalue weighted by Gasteiger charge is 2.23. The molecule has 0 aromatic heterocycles. The first-order valence-electron chi connectivity index (χ1n) is 5.59. The third-order valence-electron chi connectivity index (χ3n) is 2.82. The van der Waals surface area contributed by atoms with Gasteiger partial charge in [0, 0.05) is 18.7 Å². The van der Waals surface area contributed by atoms with E-state index in [-0.39, 0.29) is 10.9 Å². The van der Waals surface area contributed by atoms with E-state index >= 15 is 0 Å². The van der Waals surface area contributed by atoms with Gasteiger partial charge < -0.3 is 10.1 Å². The molecule has 0 aliphatic carbocycles. The van der Waals surface area contributed by atoms with Crippen LogP contribution >= 0.6 is 15.9 Å². The van der Waals surface area contributed by atoms with E-state index in [4.69, 9.17) is 4.74 Å². The maximum absolute atomic E-state index is 12.2. The summed E-state index contributed by atoms with van der Waals surface area (Å²) in [6.07, 6.45) is 0.812. The molecule has 100 valence electrons. The summed E-state index contributed by atoms with van der Waals surface area (Å²) in [5.41, 5.74) is 0. The highest BCUT2D eigenvalue weighted by Crippen LogP contribution is 2.27. The summed E-state index contributed by atoms with van der Waals surface area (Å²) in [5.74, 6) is 0.502. The van der Waals surface area contributed by atoms with Gasteiger partial charge in [0.05, 0.1) is 16.5 Å². The highest BCUT2D eigenvalue weighted by atomic mass is 79.9. The highest BCUT2D eigenvalue weighted by molar-refractivity contribution is 9.10. The van der Waals surface area contributed by atoms with Crippen molar-refractivity contribution in [3.63, 3.8) is 0 Å². The number of methoxy groups -OCH3 is 1. The van der Waals surface area contributed by atoms with Gasteiger partial charge in [-0.15, -0.1) is 0 Å². The molecule has 1 fully saturated rings. The van der Waals surface area contributed by atoms with Gasteiger partial charge in [0.1, 0.15) is 5.75 Å². The largest absolute Gasteiger partial charge is 0.496 e. The average Bonchev–Trinajstić information content (AvgIpc) is 2.81. The summed E-state index contributed by atoms with van der Waals surface area (Å²) >= 11 is 3.30. The van der Waals surface area contributed by atoms with Gasteiger partial charge in [-0.1, -0.05) is 0 Å². The van der Waals surface area contributed by atoms with Crippen LogP contribution in [0.1, 0.15) is 6.42 Å². The number of rotatable bonds is 4. The van der Waals surface area contributed by atoms with Crippen LogP contribution in [-0.2, 0) is 10.0 Å². The summed E-state index contributed by atoms with van der Waals surface area (Å²) < 4.78 is 32.8. The van der Waals surface area contributed by atoms with Crippen molar-refractivity contribution in [2.45, 2.75) is 17.4 Å². The Hall–Kier alpha value is -0.630. The van der Waals surface area contributed by atoms with E-state index in [1.807, 2.05) is 0 Å². The number of halogens is 1. The van der Waals surface area contributed by atoms with Gasteiger partial charge in [0.15, 0.2) is 0 Å². The molecule has 2 rings (SSSR count). The fraction of sp³-hybridized carbons (Fsp3) is 0.455. The van der Waals surface area contributed by atoms with E-state index in [9.17, 15) is 8.42 Å². The van der Waals surface area contributed by atoms with E-state index in [1.165, 1.54) is 13.2 Å². The van der Waals surface area contributed by atoms with Crippen molar-refractivity contribution in [1.82, 2.24) is 10.0 Å². The summed E-state index contributed by atoms with van der Waals surface area (Å²) in [7, 11) is -1.98. The quantitative estimate of drug-likeness (QED) is 0.865. The second-order valence-electron chi connectivity index (χ2n) is 4.11. The standard InChI is InChI=1S/C11H15BrN2O3S/c1-17-11-6-9(2-3-10(11)12)18(15,16)14-8-4-5-13-7-8/h2-3,6,8,13-14H,4-5,7H2,1H3. The molecule has 1 aromatic rings. The zero-order valence-electron chi connectivity index (χ0n) is 9.94. The van der Waals surface area contributed by atoms with Gasteiger partial charge in [-0.2, -0.15) is 0 Å². The molecule has 1 saturated heterocycles. The molecule has 2 N–H and O–H groups in total. The number of nitrogens with one attached hydrogen (secondary N) is 2. The Morgan fingerprint density at radius 1 is 1.50 bits per heavy atom. The summed E-state index contributed by atoms with van der Waals surface area (Å²) in [6.45, 7) is 1.52. The smallest absolute Gasteiger partial charge is 0.240 e. The number of sulfonamides is 1. The van der Waals surface area contributed by atoms with E-state index in [0.717, 1.165) is 17.4 Å². The Morgan fingerprint density at radius 2 is 2.28 bits per heavy atom. The van der Waals surface area contributed by atoms with Gasteiger partial charge in [0.25, 0.3) is 0 Å². The predicted octanol–water partition coefficient (Wildman–Crippen LogP) is 1.10. The molecule has 0 bridgehead atoms. The van der Waals surface area contributed by atoms with Crippen molar-refractivity contribution in [1.29, 1.82) is 0 Å². The Labute approximate surface area is 115 Å². The van der Waals surface area contributed by atoms with Crippen LogP contribution in [0.2, 0.25) is 0 Å². The monoisotopic (exact) mass is 334 g/mol. The van der Waals surface area contributed by atoms with E-state index < -0.39 is 10.0 Å². The maximum atomic E-state index is 12.2. The van der Waals surface area contributed by atoms with E-state index in [0.29, 0.717) is 12.3 Å². The predicted molar refractivity (Wildman–Crippen MR) is 72.3 cm³/mol. The lowest BCUT2D eigenvalue weighted by Crippen LogP contribution is -2.36. The van der Waals surface area contributed by atoms with Crippen LogP contribution in [0.15, 0.2) is 27.6 Å². The van der Waals surface area contributed by atoms with Crippen LogP contribution in [0, 0.1) is 0 Å². The second kappa shape index (κ2) is 5.56. The van der Waals surface area contributed by atoms with E-state index in [2.05, 4.69) is 26.0 Å². The molecule has 1 atom stereocenters. The minimum atomic E-state index is -3.48. The van der Waals surface area contributed by atoms with Crippen molar-refractivity contribution in [2.24, 2.45) is 0 Å². The zero-order valence-corrected chi connectivity index (χ0v) is 12.3. The second-order valence-corrected chi connectivity index (χ2v) is 6.68. The molecule has 0 amide bonds. The first kappa shape index (κ1) is 13.8. The van der Waals surface area contributed by atoms with Crippen LogP contribution in [0.4, 0.5) is 0 Å². The van der Waals surface area contributed by atoms with Crippen LogP contribution in [0.25, 0.3) is 0 Å². The average molecular weight is 335 g/mol.